The molecular formula is C27H36FN5O2. The molecule has 0 aliphatic heterocycles. The lowest BCUT2D eigenvalue weighted by Gasteiger charge is -2.39. The molecule has 0 aliphatic carbocycles. The van der Waals surface area contributed by atoms with Crippen LogP contribution in [0.15, 0.2) is 60.9 Å². The van der Waals surface area contributed by atoms with E-state index >= 15 is 0 Å². The van der Waals surface area contributed by atoms with Gasteiger partial charge in [0.25, 0.3) is 0 Å². The molecule has 0 saturated carbocycles. The molecule has 3 N–H and O–H groups in total. The monoisotopic (exact) mass is 481 g/mol. The Morgan fingerprint density at radius 1 is 1.14 bits per heavy atom. The predicted octanol–water partition coefficient (Wildman–Crippen LogP) is 4.23. The van der Waals surface area contributed by atoms with E-state index in [4.69, 9.17) is 15.5 Å². The zero-order valence-corrected chi connectivity index (χ0v) is 20.9. The highest BCUT2D eigenvalue weighted by atomic mass is 19.1. The molecule has 3 atom stereocenters. The quantitative estimate of drug-likeness (QED) is 0.427. The molecule has 0 aliphatic rings. The third-order valence-electron chi connectivity index (χ3n) is 5.96. The van der Waals surface area contributed by atoms with Crippen LogP contribution in [0.25, 0.3) is 0 Å². The van der Waals surface area contributed by atoms with Crippen LogP contribution in [0.1, 0.15) is 61.9 Å². The van der Waals surface area contributed by atoms with Crippen LogP contribution >= 0.6 is 0 Å². The number of pyridine rings is 1. The van der Waals surface area contributed by atoms with Crippen molar-refractivity contribution in [3.63, 3.8) is 0 Å². The largest absolute Gasteiger partial charge is 0.375 e. The maximum absolute atomic E-state index is 13.1. The fraction of sp³-hybridized carbons (Fsp3) is 0.444. The molecule has 0 saturated heterocycles. The Morgan fingerprint density at radius 3 is 2.46 bits per heavy atom. The number of amides is 1. The molecule has 1 unspecified atom stereocenters. The summed E-state index contributed by atoms with van der Waals surface area (Å²) >= 11 is 0. The Hall–Kier alpha value is -3.10. The summed E-state index contributed by atoms with van der Waals surface area (Å²) in [5.41, 5.74) is 8.32. The summed E-state index contributed by atoms with van der Waals surface area (Å²) in [4.78, 5) is 27.7. The molecule has 8 heteroatoms. The smallest absolute Gasteiger partial charge is 0.249 e. The van der Waals surface area contributed by atoms with E-state index in [1.807, 2.05) is 42.6 Å². The number of hydrogen-bond acceptors (Lipinski definition) is 5. The van der Waals surface area contributed by atoms with Crippen molar-refractivity contribution in [3.8, 4) is 0 Å². The maximum Gasteiger partial charge on any atom is 0.249 e. The zero-order valence-electron chi connectivity index (χ0n) is 20.9. The van der Waals surface area contributed by atoms with E-state index < -0.39 is 18.8 Å². The average Bonchev–Trinajstić information content (AvgIpc) is 3.30. The van der Waals surface area contributed by atoms with Gasteiger partial charge < -0.3 is 20.4 Å². The summed E-state index contributed by atoms with van der Waals surface area (Å²) in [5, 5.41) is 0. The maximum atomic E-state index is 13.1. The first-order chi connectivity index (χ1) is 16.8. The molecular weight excluding hydrogens is 445 g/mol. The number of aromatic nitrogens is 3. The fourth-order valence-electron chi connectivity index (χ4n) is 4.35. The van der Waals surface area contributed by atoms with Crippen molar-refractivity contribution >= 4 is 5.91 Å². The van der Waals surface area contributed by atoms with Crippen molar-refractivity contribution in [2.75, 3.05) is 26.9 Å². The molecule has 0 radical (unpaired) electrons. The van der Waals surface area contributed by atoms with Gasteiger partial charge in [0.1, 0.15) is 19.1 Å². The van der Waals surface area contributed by atoms with Crippen molar-refractivity contribution < 1.29 is 13.9 Å². The van der Waals surface area contributed by atoms with Gasteiger partial charge in [-0.05, 0) is 29.5 Å². The number of nitrogens with two attached hydrogens (primary N) is 1. The highest BCUT2D eigenvalue weighted by Crippen LogP contribution is 2.38. The van der Waals surface area contributed by atoms with Crippen molar-refractivity contribution in [1.29, 1.82) is 0 Å². The predicted molar refractivity (Wildman–Crippen MR) is 135 cm³/mol. The minimum absolute atomic E-state index is 0.0778. The first-order valence-corrected chi connectivity index (χ1v) is 11.9. The Morgan fingerprint density at radius 2 is 1.86 bits per heavy atom. The van der Waals surface area contributed by atoms with E-state index in [9.17, 15) is 9.18 Å². The van der Waals surface area contributed by atoms with Crippen molar-refractivity contribution in [2.24, 2.45) is 11.1 Å². The van der Waals surface area contributed by atoms with E-state index in [-0.39, 0.29) is 23.8 Å². The molecule has 188 valence electrons. The Balaban J connectivity index is 2.04. The number of aromatic amines is 1. The number of methoxy groups -OCH3 is 1. The van der Waals surface area contributed by atoms with Gasteiger partial charge in [0.15, 0.2) is 0 Å². The van der Waals surface area contributed by atoms with Crippen LogP contribution in [0.3, 0.4) is 0 Å². The first-order valence-electron chi connectivity index (χ1n) is 11.9. The lowest BCUT2D eigenvalue weighted by molar-refractivity contribution is -0.140. The summed E-state index contributed by atoms with van der Waals surface area (Å²) in [7, 11) is 1.48. The van der Waals surface area contributed by atoms with Crippen LogP contribution < -0.4 is 5.73 Å². The Labute approximate surface area is 206 Å². The minimum Gasteiger partial charge on any atom is -0.375 e. The number of rotatable bonds is 11. The van der Waals surface area contributed by atoms with Crippen molar-refractivity contribution in [3.05, 3.63) is 83.7 Å². The lowest BCUT2D eigenvalue weighted by Crippen LogP contribution is -2.45. The van der Waals surface area contributed by atoms with Crippen molar-refractivity contribution in [1.82, 2.24) is 19.9 Å². The summed E-state index contributed by atoms with van der Waals surface area (Å²) in [6.45, 7) is 5.74. The third kappa shape index (κ3) is 6.74. The molecule has 2 heterocycles. The fourth-order valence-corrected chi connectivity index (χ4v) is 4.35. The highest BCUT2D eigenvalue weighted by molar-refractivity contribution is 5.78. The SMILES string of the molecule is COCC(=O)N(CC[C@@H](N)CF)C(c1ncc([C@H](c2ccccc2)c2ccccn2)[nH]1)C(C)(C)C. The van der Waals surface area contributed by atoms with Crippen LogP contribution in [-0.4, -0.2) is 58.7 Å². The second-order valence-corrected chi connectivity index (χ2v) is 9.81. The Kier molecular flexibility index (Phi) is 9.12. The van der Waals surface area contributed by atoms with Gasteiger partial charge in [-0.15, -0.1) is 0 Å². The number of hydrogen-bond donors (Lipinski definition) is 2. The van der Waals surface area contributed by atoms with Gasteiger partial charge in [0, 0.05) is 37.8 Å². The normalized spacial score (nSPS) is 14.3. The highest BCUT2D eigenvalue weighted by Gasteiger charge is 2.37. The van der Waals surface area contributed by atoms with E-state index in [2.05, 4.69) is 42.9 Å². The van der Waals surface area contributed by atoms with Gasteiger partial charge >= 0.3 is 0 Å². The molecule has 35 heavy (non-hydrogen) atoms. The molecule has 3 rings (SSSR count). The summed E-state index contributed by atoms with van der Waals surface area (Å²) in [5.74, 6) is 0.311. The van der Waals surface area contributed by atoms with Crippen molar-refractivity contribution in [2.45, 2.75) is 45.2 Å². The van der Waals surface area contributed by atoms with Crippen LogP contribution in [0.2, 0.25) is 0 Å². The van der Waals surface area contributed by atoms with Gasteiger partial charge in [0.2, 0.25) is 5.91 Å². The number of H-pyrrole nitrogens is 1. The zero-order chi connectivity index (χ0) is 25.4. The molecule has 2 aromatic heterocycles. The molecule has 1 amide bonds. The number of alkyl halides is 1. The molecule has 3 aromatic rings. The second kappa shape index (κ2) is 12.0. The summed E-state index contributed by atoms with van der Waals surface area (Å²) in [6.07, 6.45) is 3.93. The van der Waals surface area contributed by atoms with Crippen LogP contribution in [0, 0.1) is 5.41 Å². The number of nitrogens with zero attached hydrogens (tertiary/aromatic N) is 3. The molecule has 1 aromatic carbocycles. The number of carbonyl (C=O) groups excluding carboxylic acids is 1. The number of nitrogens with one attached hydrogen (secondary N) is 1. The molecule has 0 spiro atoms. The van der Waals surface area contributed by atoms with Crippen LogP contribution in [-0.2, 0) is 9.53 Å². The summed E-state index contributed by atoms with van der Waals surface area (Å²) < 4.78 is 18.2. The van der Waals surface area contributed by atoms with Gasteiger partial charge in [-0.25, -0.2) is 9.37 Å². The number of carbonyl (C=O) groups is 1. The van der Waals surface area contributed by atoms with Crippen LogP contribution in [0.4, 0.5) is 4.39 Å². The standard InChI is InChI=1S/C27H36FN5O2/c1-27(2,3)25(33(23(34)18-35-4)15-13-20(29)16-28)26-31-17-22(32-26)24(19-10-6-5-7-11-19)21-12-8-9-14-30-21/h5-12,14,17,20,24-25H,13,15-16,18,29H2,1-4H3,(H,31,32)/t20-,24-,25?/m1/s1. The van der Waals surface area contributed by atoms with E-state index in [1.54, 1.807) is 11.1 Å². The topological polar surface area (TPSA) is 97.1 Å². The van der Waals surface area contributed by atoms with Gasteiger partial charge in [0.05, 0.1) is 17.7 Å². The number of halogens is 1. The second-order valence-electron chi connectivity index (χ2n) is 9.81. The number of ether oxygens (including phenoxy) is 1. The Bertz CT molecular complexity index is 1010. The lowest BCUT2D eigenvalue weighted by atomic mass is 9.84. The van der Waals surface area contributed by atoms with Gasteiger partial charge in [-0.2, -0.15) is 0 Å². The van der Waals surface area contributed by atoms with Gasteiger partial charge in [-0.3, -0.25) is 9.78 Å². The third-order valence-corrected chi connectivity index (χ3v) is 5.96. The molecule has 7 nitrogen and oxygen atoms in total. The number of imidazole rings is 1. The number of benzene rings is 1. The average molecular weight is 482 g/mol. The molecule has 0 bridgehead atoms. The first kappa shape index (κ1) is 26.5. The van der Waals surface area contributed by atoms with E-state index in [0.717, 1.165) is 17.0 Å². The van der Waals surface area contributed by atoms with E-state index in [0.29, 0.717) is 18.8 Å². The van der Waals surface area contributed by atoms with Gasteiger partial charge in [-0.1, -0.05) is 57.2 Å². The molecule has 0 fully saturated rings. The van der Waals surface area contributed by atoms with Crippen LogP contribution in [0.5, 0.6) is 0 Å². The minimum atomic E-state index is -0.639. The van der Waals surface area contributed by atoms with E-state index in [1.165, 1.54) is 7.11 Å². The summed E-state index contributed by atoms with van der Waals surface area (Å²) in [6, 6.07) is 14.9.